The van der Waals surface area contributed by atoms with Gasteiger partial charge in [-0.15, -0.1) is 0 Å². The molecule has 16 rings (SSSR count). The molecule has 390 valence electrons. The second-order valence-electron chi connectivity index (χ2n) is 21.9. The van der Waals surface area contributed by atoms with Crippen LogP contribution in [0.15, 0.2) is 334 Å². The van der Waals surface area contributed by atoms with E-state index in [1.807, 2.05) is 0 Å². The third-order valence-corrected chi connectivity index (χ3v) is 27.3. The highest BCUT2D eigenvalue weighted by Gasteiger charge is 2.44. The van der Waals surface area contributed by atoms with Gasteiger partial charge in [0.05, 0.1) is 33.1 Å². The topological polar surface area (TPSA) is 14.8 Å². The van der Waals surface area contributed by atoms with Crippen LogP contribution in [0.4, 0.5) is 0 Å². The van der Waals surface area contributed by atoms with Gasteiger partial charge in [-0.05, 0) is 108 Å². The lowest BCUT2D eigenvalue weighted by Gasteiger charge is -2.35. The Balaban J connectivity index is 0.976. The fraction of sp³-hybridized carbons (Fsp3) is 0. The van der Waals surface area contributed by atoms with Crippen molar-refractivity contribution in [1.82, 2.24) is 13.7 Å². The van der Waals surface area contributed by atoms with Crippen LogP contribution in [0.25, 0.3) is 82.5 Å². The average molecular weight is 1090 g/mol. The van der Waals surface area contributed by atoms with E-state index in [1.54, 1.807) is 0 Å². The molecule has 0 N–H and O–H groups in total. The fourth-order valence-corrected chi connectivity index (χ4v) is 24.1. The molecule has 0 aliphatic carbocycles. The van der Waals surface area contributed by atoms with Crippen LogP contribution in [0.2, 0.25) is 0 Å². The molecule has 0 saturated carbocycles. The maximum absolute atomic E-state index is 3.03. The van der Waals surface area contributed by atoms with Gasteiger partial charge in [-0.25, -0.2) is 0 Å². The zero-order chi connectivity index (χ0) is 54.9. The van der Waals surface area contributed by atoms with Gasteiger partial charge < -0.3 is 13.7 Å². The largest absolute Gasteiger partial charge is 0.309 e. The molecule has 83 heavy (non-hydrogen) atoms. The minimum Gasteiger partial charge on any atom is -0.309 e. The number of nitrogens with zero attached hydrogens (tertiary/aromatic N) is 3. The molecule has 3 heterocycles. The van der Waals surface area contributed by atoms with Gasteiger partial charge in [-0.1, -0.05) is 267 Å². The molecule has 0 unspecified atom stereocenters. The zero-order valence-corrected chi connectivity index (χ0v) is 47.6. The maximum Gasteiger partial charge on any atom is 0.180 e. The summed E-state index contributed by atoms with van der Waals surface area (Å²) >= 11 is 0. The number of rotatable bonds is 11. The molecule has 0 aliphatic heterocycles. The molecule has 16 aromatic rings. The van der Waals surface area contributed by atoms with Crippen LogP contribution in [-0.2, 0) is 0 Å². The predicted molar refractivity (Wildman–Crippen MR) is 357 cm³/mol. The lowest BCUT2D eigenvalue weighted by atomic mass is 10.1. The first-order chi connectivity index (χ1) is 41.2. The smallest absolute Gasteiger partial charge is 0.180 e. The standard InChI is InChI=1S/C78H55N3Si2/c1-7-28-59(29-8-1)82(60-30-9-2-10-31-60,61-32-11-3-12-33-61)65-40-25-27-56(53-65)79-73-46-24-21-43-68(73)70-54-57(50-52-74(70)79)81-75-47-26-48-77(83(62-34-13-4-14-35-62,63-36-15-5-16-37-63)64-38-17-6-18-39-64)78(75)69-51-49-58(55-76(69)81)80-71-44-22-19-41-66(71)67-42-20-23-45-72(67)80/h1-55H. The lowest BCUT2D eigenvalue weighted by Crippen LogP contribution is -2.74. The highest BCUT2D eigenvalue weighted by atomic mass is 28.3. The normalized spacial score (nSPS) is 12.1. The molecule has 0 fully saturated rings. The minimum absolute atomic E-state index is 1.11. The maximum atomic E-state index is 2.57. The molecule has 0 bridgehead atoms. The minimum atomic E-state index is -3.03. The Morgan fingerprint density at radius 1 is 0.181 bits per heavy atom. The zero-order valence-electron chi connectivity index (χ0n) is 45.6. The van der Waals surface area contributed by atoms with Gasteiger partial charge in [0, 0.05) is 49.4 Å². The fourth-order valence-electron chi connectivity index (χ4n) is 14.3. The molecular formula is C78H55N3Si2. The molecule has 0 spiro atoms. The summed E-state index contributed by atoms with van der Waals surface area (Å²) in [6.45, 7) is 0. The van der Waals surface area contributed by atoms with E-state index in [0.29, 0.717) is 0 Å². The SMILES string of the molecule is c1ccc([Si](c2ccccc2)(c2ccccc2)c2cccc(-n3c4ccccc4c4cc(-n5c6cc(-n7c8ccccc8c8ccccc87)ccc6c6c([Si](c7ccccc7)(c7ccccc7)c7ccccc7)cccc65)ccc43)c2)cc1. The molecule has 0 amide bonds. The van der Waals surface area contributed by atoms with Gasteiger partial charge in [-0.3, -0.25) is 0 Å². The van der Waals surface area contributed by atoms with Crippen LogP contribution in [0.3, 0.4) is 0 Å². The summed E-state index contributed by atoms with van der Waals surface area (Å²) in [4.78, 5) is 0. The van der Waals surface area contributed by atoms with Crippen molar-refractivity contribution in [3.8, 4) is 17.1 Å². The molecule has 13 aromatic carbocycles. The highest BCUT2D eigenvalue weighted by molar-refractivity contribution is 7.21. The second-order valence-corrected chi connectivity index (χ2v) is 29.5. The number of hydrogen-bond acceptors (Lipinski definition) is 0. The first-order valence-corrected chi connectivity index (χ1v) is 32.8. The van der Waals surface area contributed by atoms with E-state index in [0.717, 1.165) is 28.1 Å². The first kappa shape index (κ1) is 48.6. The number of hydrogen-bond donors (Lipinski definition) is 0. The van der Waals surface area contributed by atoms with Gasteiger partial charge in [0.15, 0.2) is 16.1 Å². The van der Waals surface area contributed by atoms with Crippen molar-refractivity contribution in [1.29, 1.82) is 0 Å². The van der Waals surface area contributed by atoms with Gasteiger partial charge >= 0.3 is 0 Å². The van der Waals surface area contributed by atoms with Crippen molar-refractivity contribution in [2.24, 2.45) is 0 Å². The van der Waals surface area contributed by atoms with Crippen molar-refractivity contribution < 1.29 is 0 Å². The van der Waals surface area contributed by atoms with Crippen molar-refractivity contribution >= 4 is 123 Å². The number of fused-ring (bicyclic) bond motifs is 9. The van der Waals surface area contributed by atoms with Crippen LogP contribution in [0.5, 0.6) is 0 Å². The molecule has 3 aromatic heterocycles. The van der Waals surface area contributed by atoms with Crippen molar-refractivity contribution in [3.63, 3.8) is 0 Å². The first-order valence-electron chi connectivity index (χ1n) is 28.8. The van der Waals surface area contributed by atoms with E-state index in [1.165, 1.54) is 95.9 Å². The van der Waals surface area contributed by atoms with E-state index < -0.39 is 16.1 Å². The summed E-state index contributed by atoms with van der Waals surface area (Å²) in [5.74, 6) is 0. The van der Waals surface area contributed by atoms with Crippen LogP contribution < -0.4 is 41.5 Å². The number of benzene rings is 13. The second kappa shape index (κ2) is 19.7. The Hall–Kier alpha value is -10.3. The summed E-state index contributed by atoms with van der Waals surface area (Å²) in [5, 5.41) is 18.2. The summed E-state index contributed by atoms with van der Waals surface area (Å²) < 4.78 is 7.53. The van der Waals surface area contributed by atoms with Crippen LogP contribution in [0.1, 0.15) is 0 Å². The van der Waals surface area contributed by atoms with Crippen molar-refractivity contribution in [3.05, 3.63) is 334 Å². The number of aromatic nitrogens is 3. The predicted octanol–water partition coefficient (Wildman–Crippen LogP) is 13.7. The summed E-state index contributed by atoms with van der Waals surface area (Å²) in [6.07, 6.45) is 0. The average Bonchev–Trinajstić information content (AvgIpc) is 4.41. The molecule has 0 radical (unpaired) electrons. The third kappa shape index (κ3) is 7.42. The van der Waals surface area contributed by atoms with Crippen LogP contribution in [-0.4, -0.2) is 29.8 Å². The Morgan fingerprint density at radius 2 is 0.518 bits per heavy atom. The van der Waals surface area contributed by atoms with Gasteiger partial charge in [0.25, 0.3) is 0 Å². The van der Waals surface area contributed by atoms with Crippen LogP contribution in [0, 0.1) is 0 Å². The molecule has 0 atom stereocenters. The van der Waals surface area contributed by atoms with Gasteiger partial charge in [0.1, 0.15) is 0 Å². The highest BCUT2D eigenvalue weighted by Crippen LogP contribution is 2.40. The summed E-state index contributed by atoms with van der Waals surface area (Å²) in [7, 11) is -5.86. The summed E-state index contributed by atoms with van der Waals surface area (Å²) in [5.41, 5.74) is 10.4. The van der Waals surface area contributed by atoms with E-state index in [-0.39, 0.29) is 0 Å². The van der Waals surface area contributed by atoms with E-state index in [4.69, 9.17) is 0 Å². The molecular weight excluding hydrogens is 1040 g/mol. The van der Waals surface area contributed by atoms with Crippen molar-refractivity contribution in [2.45, 2.75) is 0 Å². The van der Waals surface area contributed by atoms with Gasteiger partial charge in [-0.2, -0.15) is 0 Å². The Bertz CT molecular complexity index is 4820. The lowest BCUT2D eigenvalue weighted by molar-refractivity contribution is 1.15. The van der Waals surface area contributed by atoms with Crippen LogP contribution >= 0.6 is 0 Å². The Kier molecular flexibility index (Phi) is 11.6. The van der Waals surface area contributed by atoms with Crippen molar-refractivity contribution in [2.75, 3.05) is 0 Å². The van der Waals surface area contributed by atoms with E-state index in [2.05, 4.69) is 347 Å². The molecule has 0 saturated heterocycles. The Morgan fingerprint density at radius 3 is 1.00 bits per heavy atom. The van der Waals surface area contributed by atoms with Gasteiger partial charge in [0.2, 0.25) is 0 Å². The summed E-state index contributed by atoms with van der Waals surface area (Å²) in [6, 6.07) is 125. The quantitative estimate of drug-likeness (QED) is 0.0906. The number of para-hydroxylation sites is 3. The molecule has 5 heteroatoms. The molecule has 0 aliphatic rings. The molecule has 3 nitrogen and oxygen atoms in total. The van der Waals surface area contributed by atoms with E-state index >= 15 is 0 Å². The third-order valence-electron chi connectivity index (χ3n) is 17.7. The monoisotopic (exact) mass is 1090 g/mol. The Labute approximate surface area is 484 Å². The van der Waals surface area contributed by atoms with E-state index in [9.17, 15) is 0 Å².